The van der Waals surface area contributed by atoms with Crippen LogP contribution in [0.2, 0.25) is 0 Å². The van der Waals surface area contributed by atoms with Crippen molar-refractivity contribution in [2.45, 2.75) is 6.54 Å². The van der Waals surface area contributed by atoms with Crippen LogP contribution in [0.3, 0.4) is 0 Å². The lowest BCUT2D eigenvalue weighted by atomic mass is 10.2. The third kappa shape index (κ3) is 2.76. The molecule has 0 amide bonds. The van der Waals surface area contributed by atoms with Crippen LogP contribution in [0.15, 0.2) is 42.5 Å². The summed E-state index contributed by atoms with van der Waals surface area (Å²) in [6.07, 6.45) is 0. The van der Waals surface area contributed by atoms with Crippen molar-refractivity contribution in [2.75, 3.05) is 19.5 Å². The molecular formula is C16H17N3O2. The number of anilines is 1. The third-order valence-corrected chi connectivity index (χ3v) is 3.29. The summed E-state index contributed by atoms with van der Waals surface area (Å²) in [4.78, 5) is 7.74. The van der Waals surface area contributed by atoms with Crippen LogP contribution >= 0.6 is 0 Å². The van der Waals surface area contributed by atoms with Gasteiger partial charge in [0.2, 0.25) is 5.95 Å². The molecule has 0 radical (unpaired) electrons. The number of nitrogens with zero attached hydrogens (tertiary/aromatic N) is 1. The summed E-state index contributed by atoms with van der Waals surface area (Å²) < 4.78 is 10.6. The number of aromatic amines is 1. The second kappa shape index (κ2) is 5.75. The molecule has 2 N–H and O–H groups in total. The van der Waals surface area contributed by atoms with Gasteiger partial charge in [0.25, 0.3) is 0 Å². The summed E-state index contributed by atoms with van der Waals surface area (Å²) >= 11 is 0. The first kappa shape index (κ1) is 13.3. The van der Waals surface area contributed by atoms with Crippen LogP contribution in [0, 0.1) is 0 Å². The molecule has 0 aliphatic carbocycles. The Balaban J connectivity index is 1.84. The minimum absolute atomic E-state index is 0.672. The highest BCUT2D eigenvalue weighted by atomic mass is 16.5. The lowest BCUT2D eigenvalue weighted by Crippen LogP contribution is -2.00. The van der Waals surface area contributed by atoms with Gasteiger partial charge in [-0.2, -0.15) is 0 Å². The topological polar surface area (TPSA) is 59.2 Å². The normalized spacial score (nSPS) is 10.6. The number of nitrogens with one attached hydrogen (secondary N) is 2. The highest BCUT2D eigenvalue weighted by Gasteiger charge is 2.09. The molecule has 0 saturated heterocycles. The summed E-state index contributed by atoms with van der Waals surface area (Å²) in [7, 11) is 3.24. The van der Waals surface area contributed by atoms with Crippen LogP contribution in [0.1, 0.15) is 5.56 Å². The fraction of sp³-hybridized carbons (Fsp3) is 0.188. The van der Waals surface area contributed by atoms with Crippen molar-refractivity contribution in [3.05, 3.63) is 48.0 Å². The molecule has 0 bridgehead atoms. The van der Waals surface area contributed by atoms with E-state index in [1.54, 1.807) is 14.2 Å². The zero-order valence-corrected chi connectivity index (χ0v) is 12.0. The molecule has 2 aromatic carbocycles. The van der Waals surface area contributed by atoms with E-state index in [4.69, 9.17) is 9.47 Å². The number of hydrogen-bond acceptors (Lipinski definition) is 4. The van der Waals surface area contributed by atoms with Crippen molar-refractivity contribution in [1.82, 2.24) is 9.97 Å². The molecule has 0 unspecified atom stereocenters. The number of methoxy groups -OCH3 is 2. The third-order valence-electron chi connectivity index (χ3n) is 3.29. The van der Waals surface area contributed by atoms with E-state index in [2.05, 4.69) is 27.4 Å². The SMILES string of the molecule is COc1cc2nc(NCc3ccccc3)[nH]c2cc1OC. The number of aromatic nitrogens is 2. The summed E-state index contributed by atoms with van der Waals surface area (Å²) in [5.41, 5.74) is 2.94. The highest BCUT2D eigenvalue weighted by molar-refractivity contribution is 5.81. The van der Waals surface area contributed by atoms with Gasteiger partial charge >= 0.3 is 0 Å². The number of fused-ring (bicyclic) bond motifs is 1. The minimum atomic E-state index is 0.672. The summed E-state index contributed by atoms with van der Waals surface area (Å²) in [6, 6.07) is 13.9. The van der Waals surface area contributed by atoms with E-state index in [1.165, 1.54) is 5.56 Å². The van der Waals surface area contributed by atoms with Crippen LogP contribution in [0.5, 0.6) is 11.5 Å². The fourth-order valence-electron chi connectivity index (χ4n) is 2.20. The minimum Gasteiger partial charge on any atom is -0.493 e. The molecule has 108 valence electrons. The Morgan fingerprint density at radius 2 is 1.76 bits per heavy atom. The average molecular weight is 283 g/mol. The van der Waals surface area contributed by atoms with Crippen molar-refractivity contribution in [3.8, 4) is 11.5 Å². The lowest BCUT2D eigenvalue weighted by Gasteiger charge is -2.06. The first-order valence-electron chi connectivity index (χ1n) is 6.69. The van der Waals surface area contributed by atoms with E-state index in [0.717, 1.165) is 23.5 Å². The van der Waals surface area contributed by atoms with E-state index in [-0.39, 0.29) is 0 Å². The Hall–Kier alpha value is -2.69. The van der Waals surface area contributed by atoms with E-state index in [0.29, 0.717) is 11.5 Å². The van der Waals surface area contributed by atoms with E-state index >= 15 is 0 Å². The first-order valence-corrected chi connectivity index (χ1v) is 6.69. The van der Waals surface area contributed by atoms with Crippen LogP contribution in [0.4, 0.5) is 5.95 Å². The molecule has 21 heavy (non-hydrogen) atoms. The molecule has 0 fully saturated rings. The second-order valence-corrected chi connectivity index (χ2v) is 4.65. The number of hydrogen-bond donors (Lipinski definition) is 2. The second-order valence-electron chi connectivity index (χ2n) is 4.65. The molecule has 3 aromatic rings. The standard InChI is InChI=1S/C16H17N3O2/c1-20-14-8-12-13(9-15(14)21-2)19-16(18-12)17-10-11-6-4-3-5-7-11/h3-9H,10H2,1-2H3,(H2,17,18,19). The molecule has 0 atom stereocenters. The van der Waals surface area contributed by atoms with Gasteiger partial charge in [-0.15, -0.1) is 0 Å². The summed E-state index contributed by atoms with van der Waals surface area (Å²) in [5, 5.41) is 3.28. The molecule has 0 aliphatic rings. The van der Waals surface area contributed by atoms with Gasteiger partial charge in [-0.1, -0.05) is 30.3 Å². The van der Waals surface area contributed by atoms with Gasteiger partial charge in [0, 0.05) is 18.7 Å². The van der Waals surface area contributed by atoms with Crippen molar-refractivity contribution in [3.63, 3.8) is 0 Å². The lowest BCUT2D eigenvalue weighted by molar-refractivity contribution is 0.356. The first-order chi connectivity index (χ1) is 10.3. The number of imidazole rings is 1. The zero-order valence-electron chi connectivity index (χ0n) is 12.0. The van der Waals surface area contributed by atoms with Gasteiger partial charge in [0.15, 0.2) is 11.5 Å². The Labute approximate surface area is 122 Å². The van der Waals surface area contributed by atoms with E-state index in [1.807, 2.05) is 30.3 Å². The molecule has 3 rings (SSSR count). The summed E-state index contributed by atoms with van der Waals surface area (Å²) in [6.45, 7) is 0.717. The highest BCUT2D eigenvalue weighted by Crippen LogP contribution is 2.31. The molecule has 5 nitrogen and oxygen atoms in total. The molecular weight excluding hydrogens is 266 g/mol. The summed E-state index contributed by atoms with van der Waals surface area (Å²) in [5.74, 6) is 2.08. The van der Waals surface area contributed by atoms with Gasteiger partial charge < -0.3 is 19.8 Å². The fourth-order valence-corrected chi connectivity index (χ4v) is 2.20. The number of H-pyrrole nitrogens is 1. The van der Waals surface area contributed by atoms with Crippen molar-refractivity contribution >= 4 is 17.0 Å². The monoisotopic (exact) mass is 283 g/mol. The Bertz CT molecular complexity index is 697. The number of ether oxygens (including phenoxy) is 2. The van der Waals surface area contributed by atoms with Crippen molar-refractivity contribution < 1.29 is 9.47 Å². The van der Waals surface area contributed by atoms with Crippen LogP contribution in [0.25, 0.3) is 11.0 Å². The maximum Gasteiger partial charge on any atom is 0.201 e. The van der Waals surface area contributed by atoms with Crippen LogP contribution in [-0.2, 0) is 6.54 Å². The van der Waals surface area contributed by atoms with Crippen molar-refractivity contribution in [2.24, 2.45) is 0 Å². The van der Waals surface area contributed by atoms with Gasteiger partial charge in [-0.25, -0.2) is 4.98 Å². The Morgan fingerprint density at radius 1 is 1.05 bits per heavy atom. The zero-order chi connectivity index (χ0) is 14.7. The van der Waals surface area contributed by atoms with Gasteiger partial charge in [-0.05, 0) is 5.56 Å². The van der Waals surface area contributed by atoms with Gasteiger partial charge in [-0.3, -0.25) is 0 Å². The Kier molecular flexibility index (Phi) is 3.64. The van der Waals surface area contributed by atoms with Crippen LogP contribution < -0.4 is 14.8 Å². The molecule has 0 saturated carbocycles. The predicted octanol–water partition coefficient (Wildman–Crippen LogP) is 3.19. The smallest absolute Gasteiger partial charge is 0.201 e. The van der Waals surface area contributed by atoms with E-state index < -0.39 is 0 Å². The largest absolute Gasteiger partial charge is 0.493 e. The number of benzene rings is 2. The van der Waals surface area contributed by atoms with Crippen LogP contribution in [-0.4, -0.2) is 24.2 Å². The van der Waals surface area contributed by atoms with Crippen molar-refractivity contribution in [1.29, 1.82) is 0 Å². The van der Waals surface area contributed by atoms with Gasteiger partial charge in [0.1, 0.15) is 0 Å². The maximum absolute atomic E-state index is 5.29. The maximum atomic E-state index is 5.29. The van der Waals surface area contributed by atoms with E-state index in [9.17, 15) is 0 Å². The predicted molar refractivity (Wildman–Crippen MR) is 83.0 cm³/mol. The average Bonchev–Trinajstić information content (AvgIpc) is 2.94. The van der Waals surface area contributed by atoms with Gasteiger partial charge in [0.05, 0.1) is 25.3 Å². The quantitative estimate of drug-likeness (QED) is 0.755. The molecule has 0 spiro atoms. The number of rotatable bonds is 5. The molecule has 1 aromatic heterocycles. The molecule has 0 aliphatic heterocycles. The molecule has 1 heterocycles. The molecule has 5 heteroatoms. The Morgan fingerprint density at radius 3 is 2.48 bits per heavy atom.